The van der Waals surface area contributed by atoms with E-state index < -0.39 is 0 Å². The van der Waals surface area contributed by atoms with E-state index in [1.54, 1.807) is 7.11 Å². The summed E-state index contributed by atoms with van der Waals surface area (Å²) in [7, 11) is 1.63. The topological polar surface area (TPSA) is 41.6 Å². The van der Waals surface area contributed by atoms with Gasteiger partial charge in [-0.2, -0.15) is 0 Å². The summed E-state index contributed by atoms with van der Waals surface area (Å²) in [5.41, 5.74) is 0. The van der Waals surface area contributed by atoms with Crippen LogP contribution in [-0.4, -0.2) is 44.3 Å². The molecule has 0 aromatic carbocycles. The normalized spacial score (nSPS) is 22.1. The Morgan fingerprint density at radius 1 is 1.64 bits per heavy atom. The lowest BCUT2D eigenvalue weighted by Gasteiger charge is -2.30. The summed E-state index contributed by atoms with van der Waals surface area (Å²) in [6, 6.07) is 0.0496. The van der Waals surface area contributed by atoms with Gasteiger partial charge in [-0.1, -0.05) is 6.92 Å². The number of nitrogens with zero attached hydrogens (tertiary/aromatic N) is 1. The first-order chi connectivity index (χ1) is 6.74. The van der Waals surface area contributed by atoms with Gasteiger partial charge in [0.05, 0.1) is 6.61 Å². The average molecular weight is 200 g/mol. The quantitative estimate of drug-likeness (QED) is 0.692. The molecule has 0 aromatic rings. The SMILES string of the molecule is COCCNC(=O)N1CCCC(C)C1. The summed E-state index contributed by atoms with van der Waals surface area (Å²) in [4.78, 5) is 13.5. The van der Waals surface area contributed by atoms with Crippen LogP contribution in [0.1, 0.15) is 19.8 Å². The summed E-state index contributed by atoms with van der Waals surface area (Å²) in [6.07, 6.45) is 2.36. The van der Waals surface area contributed by atoms with E-state index in [1.165, 1.54) is 6.42 Å². The van der Waals surface area contributed by atoms with E-state index in [-0.39, 0.29) is 6.03 Å². The molecular formula is C10H20N2O2. The van der Waals surface area contributed by atoms with E-state index in [0.717, 1.165) is 19.5 Å². The Morgan fingerprint density at radius 2 is 2.43 bits per heavy atom. The van der Waals surface area contributed by atoms with Crippen molar-refractivity contribution >= 4 is 6.03 Å². The monoisotopic (exact) mass is 200 g/mol. The largest absolute Gasteiger partial charge is 0.383 e. The minimum Gasteiger partial charge on any atom is -0.383 e. The minimum atomic E-state index is 0.0496. The van der Waals surface area contributed by atoms with E-state index in [2.05, 4.69) is 12.2 Å². The second-order valence-corrected chi connectivity index (χ2v) is 3.92. The maximum absolute atomic E-state index is 11.6. The number of piperidine rings is 1. The van der Waals surface area contributed by atoms with Crippen LogP contribution in [0.3, 0.4) is 0 Å². The Balaban J connectivity index is 2.22. The molecule has 1 fully saturated rings. The highest BCUT2D eigenvalue weighted by molar-refractivity contribution is 5.74. The predicted octanol–water partition coefficient (Wildman–Crippen LogP) is 1.07. The maximum Gasteiger partial charge on any atom is 0.317 e. The molecule has 0 saturated carbocycles. The number of hydrogen-bond donors (Lipinski definition) is 1. The fourth-order valence-corrected chi connectivity index (χ4v) is 1.75. The highest BCUT2D eigenvalue weighted by atomic mass is 16.5. The Bertz CT molecular complexity index is 185. The summed E-state index contributed by atoms with van der Waals surface area (Å²) in [5, 5.41) is 2.84. The lowest BCUT2D eigenvalue weighted by molar-refractivity contribution is 0.161. The van der Waals surface area contributed by atoms with E-state index >= 15 is 0 Å². The molecule has 0 spiro atoms. The van der Waals surface area contributed by atoms with Crippen LogP contribution in [0.2, 0.25) is 0 Å². The second kappa shape index (κ2) is 5.86. The first-order valence-electron chi connectivity index (χ1n) is 5.25. The van der Waals surface area contributed by atoms with Gasteiger partial charge in [0, 0.05) is 26.7 Å². The minimum absolute atomic E-state index is 0.0496. The summed E-state index contributed by atoms with van der Waals surface area (Å²) in [6.45, 7) is 5.14. The van der Waals surface area contributed by atoms with Crippen LogP contribution in [0, 0.1) is 5.92 Å². The fourth-order valence-electron chi connectivity index (χ4n) is 1.75. The van der Waals surface area contributed by atoms with Gasteiger partial charge in [-0.05, 0) is 18.8 Å². The van der Waals surface area contributed by atoms with Gasteiger partial charge in [0.2, 0.25) is 0 Å². The van der Waals surface area contributed by atoms with Crippen molar-refractivity contribution < 1.29 is 9.53 Å². The third kappa shape index (κ3) is 3.54. The molecule has 14 heavy (non-hydrogen) atoms. The van der Waals surface area contributed by atoms with Crippen molar-refractivity contribution in [3.8, 4) is 0 Å². The fraction of sp³-hybridized carbons (Fsp3) is 0.900. The van der Waals surface area contributed by atoms with Crippen LogP contribution < -0.4 is 5.32 Å². The number of carbonyl (C=O) groups excluding carboxylic acids is 1. The lowest BCUT2D eigenvalue weighted by Crippen LogP contribution is -2.45. The summed E-state index contributed by atoms with van der Waals surface area (Å²) in [5.74, 6) is 0.636. The average Bonchev–Trinajstić information content (AvgIpc) is 2.18. The molecule has 1 heterocycles. The zero-order chi connectivity index (χ0) is 10.4. The first-order valence-corrected chi connectivity index (χ1v) is 5.25. The van der Waals surface area contributed by atoms with Crippen molar-refractivity contribution in [2.75, 3.05) is 33.4 Å². The molecule has 0 aliphatic carbocycles. The molecule has 82 valence electrons. The number of carbonyl (C=O) groups is 1. The van der Waals surface area contributed by atoms with Gasteiger partial charge in [0.1, 0.15) is 0 Å². The van der Waals surface area contributed by atoms with Crippen molar-refractivity contribution in [2.24, 2.45) is 5.92 Å². The van der Waals surface area contributed by atoms with Gasteiger partial charge >= 0.3 is 6.03 Å². The summed E-state index contributed by atoms with van der Waals surface area (Å²) < 4.78 is 4.87. The molecule has 1 N–H and O–H groups in total. The molecule has 1 rings (SSSR count). The number of methoxy groups -OCH3 is 1. The molecule has 4 nitrogen and oxygen atoms in total. The van der Waals surface area contributed by atoms with Crippen LogP contribution in [-0.2, 0) is 4.74 Å². The molecule has 2 amide bonds. The van der Waals surface area contributed by atoms with Crippen molar-refractivity contribution in [1.29, 1.82) is 0 Å². The molecular weight excluding hydrogens is 180 g/mol. The number of likely N-dealkylation sites (tertiary alicyclic amines) is 1. The van der Waals surface area contributed by atoms with Crippen LogP contribution in [0.4, 0.5) is 4.79 Å². The zero-order valence-electron chi connectivity index (χ0n) is 9.08. The predicted molar refractivity (Wildman–Crippen MR) is 55.2 cm³/mol. The van der Waals surface area contributed by atoms with Gasteiger partial charge in [-0.3, -0.25) is 0 Å². The Hall–Kier alpha value is -0.770. The third-order valence-electron chi connectivity index (χ3n) is 2.53. The van der Waals surface area contributed by atoms with Crippen LogP contribution in [0.25, 0.3) is 0 Å². The van der Waals surface area contributed by atoms with Gasteiger partial charge in [-0.15, -0.1) is 0 Å². The number of hydrogen-bond acceptors (Lipinski definition) is 2. The zero-order valence-corrected chi connectivity index (χ0v) is 9.08. The van der Waals surface area contributed by atoms with Gasteiger partial charge in [0.15, 0.2) is 0 Å². The van der Waals surface area contributed by atoms with Gasteiger partial charge < -0.3 is 15.0 Å². The van der Waals surface area contributed by atoms with Gasteiger partial charge in [-0.25, -0.2) is 4.79 Å². The van der Waals surface area contributed by atoms with E-state index in [4.69, 9.17) is 4.74 Å². The van der Waals surface area contributed by atoms with Crippen molar-refractivity contribution in [2.45, 2.75) is 19.8 Å². The molecule has 1 unspecified atom stereocenters. The van der Waals surface area contributed by atoms with E-state index in [1.807, 2.05) is 4.90 Å². The molecule has 0 bridgehead atoms. The van der Waals surface area contributed by atoms with E-state index in [9.17, 15) is 4.79 Å². The van der Waals surface area contributed by atoms with Crippen LogP contribution >= 0.6 is 0 Å². The smallest absolute Gasteiger partial charge is 0.317 e. The van der Waals surface area contributed by atoms with Crippen LogP contribution in [0.5, 0.6) is 0 Å². The van der Waals surface area contributed by atoms with Crippen molar-refractivity contribution in [3.05, 3.63) is 0 Å². The number of ether oxygens (including phenoxy) is 1. The van der Waals surface area contributed by atoms with Crippen molar-refractivity contribution in [1.82, 2.24) is 10.2 Å². The molecule has 1 atom stereocenters. The highest BCUT2D eigenvalue weighted by Gasteiger charge is 2.20. The molecule has 1 aliphatic rings. The standard InChI is InChI=1S/C10H20N2O2/c1-9-4-3-6-12(8-9)10(13)11-5-7-14-2/h9H,3-8H2,1-2H3,(H,11,13). The Morgan fingerprint density at radius 3 is 3.07 bits per heavy atom. The molecule has 4 heteroatoms. The number of amides is 2. The molecule has 0 aromatic heterocycles. The maximum atomic E-state index is 11.6. The Kier molecular flexibility index (Phi) is 4.73. The van der Waals surface area contributed by atoms with E-state index in [0.29, 0.717) is 19.1 Å². The Labute approximate surface area is 85.6 Å². The molecule has 1 saturated heterocycles. The third-order valence-corrected chi connectivity index (χ3v) is 2.53. The van der Waals surface area contributed by atoms with Gasteiger partial charge in [0.25, 0.3) is 0 Å². The number of urea groups is 1. The number of nitrogens with one attached hydrogen (secondary N) is 1. The lowest BCUT2D eigenvalue weighted by atomic mass is 10.0. The second-order valence-electron chi connectivity index (χ2n) is 3.92. The summed E-state index contributed by atoms with van der Waals surface area (Å²) >= 11 is 0. The molecule has 0 radical (unpaired) electrons. The van der Waals surface area contributed by atoms with Crippen molar-refractivity contribution in [3.63, 3.8) is 0 Å². The molecule has 1 aliphatic heterocycles. The number of rotatable bonds is 3. The van der Waals surface area contributed by atoms with Crippen LogP contribution in [0.15, 0.2) is 0 Å². The first kappa shape index (κ1) is 11.3. The highest BCUT2D eigenvalue weighted by Crippen LogP contribution is 2.14.